The van der Waals surface area contributed by atoms with Crippen molar-refractivity contribution in [2.45, 2.75) is 32.8 Å². The number of nitrogens with zero attached hydrogens (tertiary/aromatic N) is 1. The van der Waals surface area contributed by atoms with Gasteiger partial charge < -0.3 is 29.6 Å². The molecule has 0 aliphatic rings. The minimum absolute atomic E-state index is 0. The molecule has 7 nitrogen and oxygen atoms in total. The second-order valence-corrected chi connectivity index (χ2v) is 7.21. The predicted octanol–water partition coefficient (Wildman–Crippen LogP) is 4.60. The Hall–Kier alpha value is -2.20. The van der Waals surface area contributed by atoms with E-state index in [-0.39, 0.29) is 30.1 Å². The van der Waals surface area contributed by atoms with Crippen LogP contribution in [0.3, 0.4) is 0 Å². The molecule has 1 atom stereocenters. The zero-order valence-corrected chi connectivity index (χ0v) is 22.7. The van der Waals surface area contributed by atoms with Gasteiger partial charge in [0.15, 0.2) is 17.5 Å². The van der Waals surface area contributed by atoms with Crippen molar-refractivity contribution in [3.8, 4) is 17.2 Å². The van der Waals surface area contributed by atoms with Gasteiger partial charge in [0.05, 0.1) is 27.4 Å². The van der Waals surface area contributed by atoms with Gasteiger partial charge in [0.2, 0.25) is 5.75 Å². The monoisotopic (exact) mass is 571 g/mol. The fourth-order valence-corrected chi connectivity index (χ4v) is 3.35. The Morgan fingerprint density at radius 3 is 2.30 bits per heavy atom. The van der Waals surface area contributed by atoms with Gasteiger partial charge in [0, 0.05) is 31.8 Å². The first-order valence-electron chi connectivity index (χ1n) is 11.1. The van der Waals surface area contributed by atoms with Gasteiger partial charge in [-0.25, -0.2) is 0 Å². The third-order valence-corrected chi connectivity index (χ3v) is 5.03. The normalized spacial score (nSPS) is 11.8. The van der Waals surface area contributed by atoms with Crippen molar-refractivity contribution in [1.82, 2.24) is 10.6 Å². The van der Waals surface area contributed by atoms with Gasteiger partial charge in [-0.1, -0.05) is 36.4 Å². The molecule has 2 aromatic rings. The number of hydrogen-bond acceptors (Lipinski definition) is 5. The molecule has 2 N–H and O–H groups in total. The van der Waals surface area contributed by atoms with E-state index in [0.717, 1.165) is 30.9 Å². The van der Waals surface area contributed by atoms with Crippen molar-refractivity contribution >= 4 is 29.9 Å². The predicted molar refractivity (Wildman–Crippen MR) is 145 cm³/mol. The molecular weight excluding hydrogens is 533 g/mol. The third-order valence-electron chi connectivity index (χ3n) is 5.03. The van der Waals surface area contributed by atoms with Crippen LogP contribution >= 0.6 is 24.0 Å². The number of hydrogen-bond donors (Lipinski definition) is 2. The summed E-state index contributed by atoms with van der Waals surface area (Å²) in [5, 5.41) is 6.67. The van der Waals surface area contributed by atoms with Gasteiger partial charge in [-0.2, -0.15) is 0 Å². The number of halogens is 1. The van der Waals surface area contributed by atoms with Crippen LogP contribution in [0.1, 0.15) is 37.5 Å². The van der Waals surface area contributed by atoms with E-state index < -0.39 is 0 Å². The molecule has 184 valence electrons. The Bertz CT molecular complexity index is 834. The molecular formula is C25H38IN3O4. The summed E-state index contributed by atoms with van der Waals surface area (Å²) in [6, 6.07) is 14.1. The van der Waals surface area contributed by atoms with E-state index in [4.69, 9.17) is 18.9 Å². The lowest BCUT2D eigenvalue weighted by Crippen LogP contribution is -2.38. The fraction of sp³-hybridized carbons (Fsp3) is 0.480. The Balaban J connectivity index is 0.00000544. The highest BCUT2D eigenvalue weighted by Gasteiger charge is 2.15. The Kier molecular flexibility index (Phi) is 14.3. The molecule has 0 heterocycles. The molecule has 0 fully saturated rings. The van der Waals surface area contributed by atoms with Crippen LogP contribution in [0.25, 0.3) is 0 Å². The lowest BCUT2D eigenvalue weighted by Gasteiger charge is -2.16. The number of methoxy groups -OCH3 is 3. The first-order valence-corrected chi connectivity index (χ1v) is 11.1. The molecule has 0 bridgehead atoms. The molecule has 0 saturated heterocycles. The second-order valence-electron chi connectivity index (χ2n) is 7.21. The van der Waals surface area contributed by atoms with Crippen LogP contribution in [0.5, 0.6) is 17.2 Å². The number of rotatable bonds is 13. The van der Waals surface area contributed by atoms with Crippen molar-refractivity contribution < 1.29 is 18.9 Å². The number of ether oxygens (including phenoxy) is 4. The SMILES string of the molecule is CCNC(=NCCCOC(C)c1ccccc1)NCCc1ccc(OC)c(OC)c1OC.I. The maximum Gasteiger partial charge on any atom is 0.203 e. The summed E-state index contributed by atoms with van der Waals surface area (Å²) in [7, 11) is 4.87. The third kappa shape index (κ3) is 9.29. The van der Waals surface area contributed by atoms with E-state index >= 15 is 0 Å². The highest BCUT2D eigenvalue weighted by Crippen LogP contribution is 2.39. The van der Waals surface area contributed by atoms with Crippen LogP contribution in [0.15, 0.2) is 47.5 Å². The molecule has 2 aromatic carbocycles. The summed E-state index contributed by atoms with van der Waals surface area (Å²) >= 11 is 0. The number of aliphatic imine (C=N–C) groups is 1. The molecule has 0 aliphatic heterocycles. The van der Waals surface area contributed by atoms with Gasteiger partial charge >= 0.3 is 0 Å². The molecule has 0 radical (unpaired) electrons. The number of benzene rings is 2. The zero-order chi connectivity index (χ0) is 23.2. The summed E-state index contributed by atoms with van der Waals surface area (Å²) < 4.78 is 22.3. The zero-order valence-electron chi connectivity index (χ0n) is 20.3. The van der Waals surface area contributed by atoms with Crippen molar-refractivity contribution in [2.24, 2.45) is 4.99 Å². The molecule has 0 saturated carbocycles. The molecule has 1 unspecified atom stereocenters. The Morgan fingerprint density at radius 2 is 1.67 bits per heavy atom. The minimum Gasteiger partial charge on any atom is -0.493 e. The lowest BCUT2D eigenvalue weighted by molar-refractivity contribution is 0.0652. The number of guanidine groups is 1. The van der Waals surface area contributed by atoms with Gasteiger partial charge in [-0.3, -0.25) is 4.99 Å². The largest absolute Gasteiger partial charge is 0.493 e. The first kappa shape index (κ1) is 28.8. The van der Waals surface area contributed by atoms with E-state index in [2.05, 4.69) is 41.6 Å². The maximum absolute atomic E-state index is 5.93. The fourth-order valence-electron chi connectivity index (χ4n) is 3.35. The number of nitrogens with one attached hydrogen (secondary N) is 2. The topological polar surface area (TPSA) is 73.3 Å². The maximum atomic E-state index is 5.93. The van der Waals surface area contributed by atoms with E-state index in [0.29, 0.717) is 36.9 Å². The van der Waals surface area contributed by atoms with Gasteiger partial charge in [-0.05, 0) is 38.3 Å². The molecule has 0 aromatic heterocycles. The van der Waals surface area contributed by atoms with E-state index in [9.17, 15) is 0 Å². The summed E-state index contributed by atoms with van der Waals surface area (Å²) in [5.41, 5.74) is 2.23. The van der Waals surface area contributed by atoms with Crippen LogP contribution in [0.2, 0.25) is 0 Å². The molecule has 33 heavy (non-hydrogen) atoms. The average Bonchev–Trinajstić information content (AvgIpc) is 2.83. The molecule has 0 aliphatic carbocycles. The summed E-state index contributed by atoms with van der Waals surface area (Å²) in [6.07, 6.45) is 1.70. The molecule has 0 amide bonds. The summed E-state index contributed by atoms with van der Waals surface area (Å²) in [4.78, 5) is 4.66. The second kappa shape index (κ2) is 16.4. The van der Waals surface area contributed by atoms with Crippen LogP contribution in [0, 0.1) is 0 Å². The highest BCUT2D eigenvalue weighted by molar-refractivity contribution is 14.0. The molecule has 0 spiro atoms. The average molecular weight is 572 g/mol. The Labute approximate surface area is 215 Å². The van der Waals surface area contributed by atoms with Crippen molar-refractivity contribution in [1.29, 1.82) is 0 Å². The van der Waals surface area contributed by atoms with E-state index in [1.54, 1.807) is 21.3 Å². The van der Waals surface area contributed by atoms with Gasteiger partial charge in [0.25, 0.3) is 0 Å². The van der Waals surface area contributed by atoms with Crippen LogP contribution < -0.4 is 24.8 Å². The molecule has 2 rings (SSSR count). The summed E-state index contributed by atoms with van der Waals surface area (Å²) in [5.74, 6) is 2.75. The van der Waals surface area contributed by atoms with E-state index in [1.807, 2.05) is 30.3 Å². The van der Waals surface area contributed by atoms with E-state index in [1.165, 1.54) is 5.56 Å². The lowest BCUT2D eigenvalue weighted by atomic mass is 10.1. The van der Waals surface area contributed by atoms with Gasteiger partial charge in [-0.15, -0.1) is 24.0 Å². The highest BCUT2D eigenvalue weighted by atomic mass is 127. The molecule has 8 heteroatoms. The quantitative estimate of drug-likeness (QED) is 0.159. The smallest absolute Gasteiger partial charge is 0.203 e. The van der Waals surface area contributed by atoms with Crippen molar-refractivity contribution in [3.63, 3.8) is 0 Å². The summed E-state index contributed by atoms with van der Waals surface area (Å²) in [6.45, 7) is 7.00. The first-order chi connectivity index (χ1) is 15.6. The minimum atomic E-state index is 0. The standard InChI is InChI=1S/C25H37N3O4.HI/c1-6-26-25(27-16-10-18-32-19(2)20-11-8-7-9-12-20)28-17-15-21-13-14-22(29-3)24(31-5)23(21)30-4;/h7-9,11-14,19H,6,10,15-18H2,1-5H3,(H2,26,27,28);1H. The van der Waals surface area contributed by atoms with Gasteiger partial charge in [0.1, 0.15) is 0 Å². The van der Waals surface area contributed by atoms with Crippen molar-refractivity contribution in [2.75, 3.05) is 47.6 Å². The van der Waals surface area contributed by atoms with Crippen LogP contribution in [-0.2, 0) is 11.2 Å². The van der Waals surface area contributed by atoms with Crippen LogP contribution in [-0.4, -0.2) is 53.5 Å². The van der Waals surface area contributed by atoms with Crippen LogP contribution in [0.4, 0.5) is 0 Å². The van der Waals surface area contributed by atoms with Crippen molar-refractivity contribution in [3.05, 3.63) is 53.6 Å². The Morgan fingerprint density at radius 1 is 0.939 bits per heavy atom.